The Morgan fingerprint density at radius 1 is 1.31 bits per heavy atom. The zero-order valence-electron chi connectivity index (χ0n) is 8.93. The molecule has 0 unspecified atom stereocenters. The maximum atomic E-state index is 11.0. The third-order valence-electron chi connectivity index (χ3n) is 2.26. The van der Waals surface area contributed by atoms with Crippen molar-refractivity contribution in [3.63, 3.8) is 0 Å². The molecule has 1 aromatic carbocycles. The van der Waals surface area contributed by atoms with E-state index in [9.17, 15) is 9.90 Å². The van der Waals surface area contributed by atoms with Crippen LogP contribution in [0, 0.1) is 0 Å². The molecule has 0 aliphatic carbocycles. The number of aromatic hydroxyl groups is 1. The molecule has 0 amide bonds. The van der Waals surface area contributed by atoms with E-state index >= 15 is 0 Å². The van der Waals surface area contributed by atoms with Gasteiger partial charge in [0.05, 0.1) is 0 Å². The predicted octanol–water partition coefficient (Wildman–Crippen LogP) is 3.25. The Bertz CT molecular complexity index is 514. The first kappa shape index (κ1) is 10.9. The summed E-state index contributed by atoms with van der Waals surface area (Å²) in [5.74, 6) is 0.432. The molecule has 0 bridgehead atoms. The van der Waals surface area contributed by atoms with E-state index < -0.39 is 0 Å². The fourth-order valence-corrected chi connectivity index (χ4v) is 2.52. The number of rotatable bonds is 3. The normalized spacial score (nSPS) is 10.3. The van der Waals surface area contributed by atoms with Crippen molar-refractivity contribution in [1.29, 1.82) is 0 Å². The first-order valence-electron chi connectivity index (χ1n) is 5.01. The zero-order chi connectivity index (χ0) is 11.5. The van der Waals surface area contributed by atoms with Gasteiger partial charge in [0.25, 0.3) is 0 Å². The molecule has 2 nitrogen and oxygen atoms in total. The molecule has 3 heteroatoms. The predicted molar refractivity (Wildman–Crippen MR) is 65.8 cm³/mol. The van der Waals surface area contributed by atoms with E-state index in [0.717, 1.165) is 16.0 Å². The van der Waals surface area contributed by atoms with Gasteiger partial charge in [-0.3, -0.25) is 4.79 Å². The number of ketones is 1. The third-order valence-corrected chi connectivity index (χ3v) is 3.19. The van der Waals surface area contributed by atoms with Crippen LogP contribution in [0.2, 0.25) is 0 Å². The van der Waals surface area contributed by atoms with Crippen LogP contribution in [0.5, 0.6) is 5.75 Å². The number of benzene rings is 1. The second kappa shape index (κ2) is 4.49. The lowest BCUT2D eigenvalue weighted by atomic mass is 10.1. The summed E-state index contributed by atoms with van der Waals surface area (Å²) < 4.78 is 0. The molecule has 1 aromatic heterocycles. The van der Waals surface area contributed by atoms with Crippen molar-refractivity contribution in [2.75, 3.05) is 0 Å². The number of phenols is 1. The van der Waals surface area contributed by atoms with Gasteiger partial charge in [0, 0.05) is 11.3 Å². The standard InChI is InChI=1S/C13H12O2S/c1-9(14)5-13-7-11(8-16-13)10-3-2-4-12(15)6-10/h2-4,6-8,15H,5H2,1H3. The van der Waals surface area contributed by atoms with Crippen LogP contribution in [0.3, 0.4) is 0 Å². The highest BCUT2D eigenvalue weighted by molar-refractivity contribution is 7.10. The molecule has 0 saturated carbocycles. The number of carbonyl (C=O) groups excluding carboxylic acids is 1. The van der Waals surface area contributed by atoms with E-state index in [1.807, 2.05) is 23.6 Å². The van der Waals surface area contributed by atoms with Crippen molar-refractivity contribution in [3.8, 4) is 16.9 Å². The van der Waals surface area contributed by atoms with Crippen molar-refractivity contribution in [3.05, 3.63) is 40.6 Å². The molecule has 16 heavy (non-hydrogen) atoms. The summed E-state index contributed by atoms with van der Waals surface area (Å²) in [4.78, 5) is 12.0. The lowest BCUT2D eigenvalue weighted by molar-refractivity contribution is -0.116. The van der Waals surface area contributed by atoms with Crippen molar-refractivity contribution in [1.82, 2.24) is 0 Å². The molecule has 0 fully saturated rings. The summed E-state index contributed by atoms with van der Waals surface area (Å²) in [6.45, 7) is 1.59. The van der Waals surface area contributed by atoms with E-state index in [1.165, 1.54) is 0 Å². The number of hydrogen-bond donors (Lipinski definition) is 1. The Labute approximate surface area is 98.2 Å². The molecule has 2 aromatic rings. The summed E-state index contributed by atoms with van der Waals surface area (Å²) in [5, 5.41) is 11.4. The lowest BCUT2D eigenvalue weighted by Gasteiger charge is -1.97. The van der Waals surface area contributed by atoms with E-state index in [4.69, 9.17) is 0 Å². The summed E-state index contributed by atoms with van der Waals surface area (Å²) >= 11 is 1.58. The van der Waals surface area contributed by atoms with E-state index in [2.05, 4.69) is 0 Å². The Hall–Kier alpha value is -1.61. The van der Waals surface area contributed by atoms with Crippen LogP contribution >= 0.6 is 11.3 Å². The summed E-state index contributed by atoms with van der Waals surface area (Å²) in [7, 11) is 0. The smallest absolute Gasteiger partial charge is 0.135 e. The number of hydrogen-bond acceptors (Lipinski definition) is 3. The van der Waals surface area contributed by atoms with Crippen molar-refractivity contribution < 1.29 is 9.90 Å². The molecule has 0 aliphatic heterocycles. The summed E-state index contributed by atoms with van der Waals surface area (Å²) in [5.41, 5.74) is 2.03. The SMILES string of the molecule is CC(=O)Cc1cc(-c2cccc(O)c2)cs1. The van der Waals surface area contributed by atoms with Gasteiger partial charge < -0.3 is 5.11 Å². The largest absolute Gasteiger partial charge is 0.508 e. The van der Waals surface area contributed by atoms with Crippen LogP contribution in [0.4, 0.5) is 0 Å². The minimum absolute atomic E-state index is 0.171. The van der Waals surface area contributed by atoms with Gasteiger partial charge >= 0.3 is 0 Å². The first-order chi connectivity index (χ1) is 7.65. The van der Waals surface area contributed by atoms with Gasteiger partial charge in [0.15, 0.2) is 0 Å². The van der Waals surface area contributed by atoms with Crippen LogP contribution in [0.25, 0.3) is 11.1 Å². The second-order valence-corrected chi connectivity index (χ2v) is 4.73. The molecular formula is C13H12O2S. The maximum Gasteiger partial charge on any atom is 0.135 e. The van der Waals surface area contributed by atoms with Gasteiger partial charge in [-0.15, -0.1) is 11.3 Å². The fraction of sp³-hybridized carbons (Fsp3) is 0.154. The van der Waals surface area contributed by atoms with E-state index in [0.29, 0.717) is 6.42 Å². The third kappa shape index (κ3) is 2.49. The van der Waals surface area contributed by atoms with Crippen LogP contribution in [-0.2, 0) is 11.2 Å². The summed E-state index contributed by atoms with van der Waals surface area (Å²) in [6.07, 6.45) is 0.490. The van der Waals surface area contributed by atoms with Gasteiger partial charge in [-0.25, -0.2) is 0 Å². The monoisotopic (exact) mass is 232 g/mol. The number of thiophene rings is 1. The molecule has 1 heterocycles. The average molecular weight is 232 g/mol. The molecule has 2 rings (SSSR count). The van der Waals surface area contributed by atoms with Gasteiger partial charge in [-0.2, -0.15) is 0 Å². The van der Waals surface area contributed by atoms with Crippen molar-refractivity contribution in [2.24, 2.45) is 0 Å². The molecule has 0 atom stereocenters. The lowest BCUT2D eigenvalue weighted by Crippen LogP contribution is -1.92. The maximum absolute atomic E-state index is 11.0. The zero-order valence-corrected chi connectivity index (χ0v) is 9.75. The quantitative estimate of drug-likeness (QED) is 0.882. The van der Waals surface area contributed by atoms with Crippen molar-refractivity contribution in [2.45, 2.75) is 13.3 Å². The van der Waals surface area contributed by atoms with Crippen LogP contribution in [0.15, 0.2) is 35.7 Å². The Balaban J connectivity index is 2.28. The molecule has 0 saturated heterocycles. The number of phenolic OH excluding ortho intramolecular Hbond substituents is 1. The topological polar surface area (TPSA) is 37.3 Å². The molecule has 82 valence electrons. The highest BCUT2D eigenvalue weighted by Gasteiger charge is 2.04. The second-order valence-electron chi connectivity index (χ2n) is 3.73. The minimum atomic E-state index is 0.171. The van der Waals surface area contributed by atoms with Gasteiger partial charge in [-0.05, 0) is 41.6 Å². The molecule has 1 N–H and O–H groups in total. The molecule has 0 aliphatic rings. The van der Waals surface area contributed by atoms with Gasteiger partial charge in [-0.1, -0.05) is 12.1 Å². The average Bonchev–Trinajstić information content (AvgIpc) is 2.65. The van der Waals surface area contributed by atoms with Gasteiger partial charge in [0.1, 0.15) is 11.5 Å². The fourth-order valence-electron chi connectivity index (χ4n) is 1.56. The molecule has 0 radical (unpaired) electrons. The Kier molecular flexibility index (Phi) is 3.06. The number of Topliss-reactive ketones (excluding diaryl/α,β-unsaturated/α-hetero) is 1. The van der Waals surface area contributed by atoms with Crippen LogP contribution in [0.1, 0.15) is 11.8 Å². The molecule has 0 spiro atoms. The highest BCUT2D eigenvalue weighted by atomic mass is 32.1. The van der Waals surface area contributed by atoms with Crippen LogP contribution in [-0.4, -0.2) is 10.9 Å². The van der Waals surface area contributed by atoms with E-state index in [-0.39, 0.29) is 11.5 Å². The minimum Gasteiger partial charge on any atom is -0.508 e. The highest BCUT2D eigenvalue weighted by Crippen LogP contribution is 2.28. The first-order valence-corrected chi connectivity index (χ1v) is 5.89. The molecular weight excluding hydrogens is 220 g/mol. The Morgan fingerprint density at radius 3 is 2.81 bits per heavy atom. The van der Waals surface area contributed by atoms with E-state index in [1.54, 1.807) is 30.4 Å². The van der Waals surface area contributed by atoms with Crippen LogP contribution < -0.4 is 0 Å². The van der Waals surface area contributed by atoms with Crippen molar-refractivity contribution >= 4 is 17.1 Å². The number of carbonyl (C=O) groups is 1. The van der Waals surface area contributed by atoms with Gasteiger partial charge in [0.2, 0.25) is 0 Å². The summed E-state index contributed by atoms with van der Waals surface area (Å²) in [6, 6.07) is 9.12. The Morgan fingerprint density at radius 2 is 2.12 bits per heavy atom.